The molecule has 0 aromatic heterocycles. The van der Waals surface area contributed by atoms with Gasteiger partial charge in [-0.15, -0.1) is 0 Å². The molecule has 3 atom stereocenters. The Morgan fingerprint density at radius 1 is 1.19 bits per heavy atom. The first kappa shape index (κ1) is 19.6. The third-order valence-corrected chi connectivity index (χ3v) is 5.04. The Kier molecular flexibility index (Phi) is 6.01. The summed E-state index contributed by atoms with van der Waals surface area (Å²) < 4.78 is 5.80. The molecule has 0 unspecified atom stereocenters. The number of rotatable bonds is 5. The SMILES string of the molecule is CC(C)[C@@H](C(=O)Nc1ccc(N2CCNC2=O)cc1)N1C[C@@H](C)O[C@H](C)C1. The van der Waals surface area contributed by atoms with Gasteiger partial charge in [0.15, 0.2) is 0 Å². The van der Waals surface area contributed by atoms with Crippen LogP contribution in [0.25, 0.3) is 0 Å². The number of morpholine rings is 1. The monoisotopic (exact) mass is 374 g/mol. The maximum Gasteiger partial charge on any atom is 0.321 e. The van der Waals surface area contributed by atoms with Gasteiger partial charge >= 0.3 is 6.03 Å². The lowest BCUT2D eigenvalue weighted by Gasteiger charge is -2.41. The molecule has 2 aliphatic rings. The van der Waals surface area contributed by atoms with E-state index in [0.29, 0.717) is 13.1 Å². The van der Waals surface area contributed by atoms with E-state index in [1.165, 1.54) is 0 Å². The molecule has 0 aliphatic carbocycles. The van der Waals surface area contributed by atoms with Crippen molar-refractivity contribution in [3.8, 4) is 0 Å². The lowest BCUT2D eigenvalue weighted by Crippen LogP contribution is -2.55. The van der Waals surface area contributed by atoms with Crippen molar-refractivity contribution in [3.05, 3.63) is 24.3 Å². The largest absolute Gasteiger partial charge is 0.373 e. The molecule has 2 heterocycles. The smallest absolute Gasteiger partial charge is 0.321 e. The molecule has 0 spiro atoms. The molecule has 2 N–H and O–H groups in total. The van der Waals surface area contributed by atoms with Crippen LogP contribution in [0.3, 0.4) is 0 Å². The van der Waals surface area contributed by atoms with Gasteiger partial charge in [0.2, 0.25) is 5.91 Å². The fourth-order valence-electron chi connectivity index (χ4n) is 3.99. The summed E-state index contributed by atoms with van der Waals surface area (Å²) in [5, 5.41) is 5.83. The molecule has 3 rings (SSSR count). The molecule has 0 saturated carbocycles. The fourth-order valence-corrected chi connectivity index (χ4v) is 3.99. The number of anilines is 2. The number of carbonyl (C=O) groups excluding carboxylic acids is 2. The van der Waals surface area contributed by atoms with Crippen LogP contribution < -0.4 is 15.5 Å². The Morgan fingerprint density at radius 3 is 2.33 bits per heavy atom. The van der Waals surface area contributed by atoms with Gasteiger partial charge in [-0.1, -0.05) is 13.8 Å². The highest BCUT2D eigenvalue weighted by Crippen LogP contribution is 2.22. The quantitative estimate of drug-likeness (QED) is 0.829. The zero-order valence-electron chi connectivity index (χ0n) is 16.6. The van der Waals surface area contributed by atoms with Crippen LogP contribution in [-0.4, -0.2) is 61.3 Å². The maximum atomic E-state index is 13.0. The van der Waals surface area contributed by atoms with Gasteiger partial charge in [0.1, 0.15) is 0 Å². The Balaban J connectivity index is 1.67. The van der Waals surface area contributed by atoms with Gasteiger partial charge in [0.25, 0.3) is 0 Å². The lowest BCUT2D eigenvalue weighted by molar-refractivity contribution is -0.130. The highest BCUT2D eigenvalue weighted by molar-refractivity contribution is 5.96. The minimum Gasteiger partial charge on any atom is -0.373 e. The first-order chi connectivity index (χ1) is 12.8. The minimum absolute atomic E-state index is 0.00188. The second kappa shape index (κ2) is 8.27. The zero-order chi connectivity index (χ0) is 19.6. The summed E-state index contributed by atoms with van der Waals surface area (Å²) in [5.41, 5.74) is 1.57. The molecule has 1 aromatic carbocycles. The topological polar surface area (TPSA) is 73.9 Å². The molecule has 27 heavy (non-hydrogen) atoms. The van der Waals surface area contributed by atoms with Crippen molar-refractivity contribution in [2.24, 2.45) is 5.92 Å². The molecule has 7 nitrogen and oxygen atoms in total. The van der Waals surface area contributed by atoms with Crippen LogP contribution in [0, 0.1) is 5.92 Å². The number of nitrogens with one attached hydrogen (secondary N) is 2. The van der Waals surface area contributed by atoms with Gasteiger partial charge in [-0.05, 0) is 44.0 Å². The van der Waals surface area contributed by atoms with E-state index in [1.807, 2.05) is 38.1 Å². The Hall–Kier alpha value is -2.12. The summed E-state index contributed by atoms with van der Waals surface area (Å²) in [5.74, 6) is 0.188. The predicted molar refractivity (Wildman–Crippen MR) is 106 cm³/mol. The average Bonchev–Trinajstić information content (AvgIpc) is 3.00. The van der Waals surface area contributed by atoms with Crippen LogP contribution in [0.5, 0.6) is 0 Å². The number of hydrogen-bond acceptors (Lipinski definition) is 4. The molecular weight excluding hydrogens is 344 g/mol. The normalized spacial score (nSPS) is 24.8. The fraction of sp³-hybridized carbons (Fsp3) is 0.600. The number of benzene rings is 1. The second-order valence-electron chi connectivity index (χ2n) is 7.82. The summed E-state index contributed by atoms with van der Waals surface area (Å²) in [6.07, 6.45) is 0.238. The summed E-state index contributed by atoms with van der Waals surface area (Å²) in [7, 11) is 0. The molecule has 0 bridgehead atoms. The first-order valence-corrected chi connectivity index (χ1v) is 9.71. The summed E-state index contributed by atoms with van der Waals surface area (Å²) >= 11 is 0. The molecule has 0 radical (unpaired) electrons. The van der Waals surface area contributed by atoms with Crippen molar-refractivity contribution in [1.82, 2.24) is 10.2 Å². The summed E-state index contributed by atoms with van der Waals surface area (Å²) in [6, 6.07) is 7.14. The minimum atomic E-state index is -0.206. The molecule has 2 fully saturated rings. The van der Waals surface area contributed by atoms with Crippen LogP contribution in [0.15, 0.2) is 24.3 Å². The first-order valence-electron chi connectivity index (χ1n) is 9.71. The van der Waals surface area contributed by atoms with E-state index in [9.17, 15) is 9.59 Å². The van der Waals surface area contributed by atoms with Gasteiger partial charge in [-0.25, -0.2) is 4.79 Å². The van der Waals surface area contributed by atoms with Crippen LogP contribution in [0.2, 0.25) is 0 Å². The van der Waals surface area contributed by atoms with Gasteiger partial charge < -0.3 is 15.4 Å². The van der Waals surface area contributed by atoms with Crippen molar-refractivity contribution in [1.29, 1.82) is 0 Å². The number of carbonyl (C=O) groups is 2. The standard InChI is InChI=1S/C20H30N4O3/c1-13(2)18(23-11-14(3)27-15(4)12-23)19(25)22-16-5-7-17(8-6-16)24-10-9-21-20(24)26/h5-8,13-15,18H,9-12H2,1-4H3,(H,21,26)(H,22,25)/t14-,15-,18+/m1/s1. The number of urea groups is 1. The van der Waals surface area contributed by atoms with E-state index in [2.05, 4.69) is 29.4 Å². The van der Waals surface area contributed by atoms with Crippen molar-refractivity contribution < 1.29 is 14.3 Å². The Labute approximate surface area is 161 Å². The Bertz CT molecular complexity index is 666. The van der Waals surface area contributed by atoms with Gasteiger partial charge in [-0.2, -0.15) is 0 Å². The molecule has 3 amide bonds. The molecule has 148 valence electrons. The van der Waals surface area contributed by atoms with E-state index in [4.69, 9.17) is 4.74 Å². The highest BCUT2D eigenvalue weighted by Gasteiger charge is 2.34. The van der Waals surface area contributed by atoms with E-state index < -0.39 is 0 Å². The molecular formula is C20H30N4O3. The summed E-state index contributed by atoms with van der Waals surface area (Å²) in [6.45, 7) is 11.1. The second-order valence-corrected chi connectivity index (χ2v) is 7.82. The number of amides is 3. The van der Waals surface area contributed by atoms with Crippen LogP contribution in [-0.2, 0) is 9.53 Å². The Morgan fingerprint density at radius 2 is 1.81 bits per heavy atom. The summed E-state index contributed by atoms with van der Waals surface area (Å²) in [4.78, 5) is 28.7. The third-order valence-electron chi connectivity index (χ3n) is 5.04. The van der Waals surface area contributed by atoms with Crippen molar-refractivity contribution in [3.63, 3.8) is 0 Å². The van der Waals surface area contributed by atoms with E-state index in [1.54, 1.807) is 4.90 Å². The number of ether oxygens (including phenoxy) is 1. The van der Waals surface area contributed by atoms with Crippen molar-refractivity contribution in [2.45, 2.75) is 45.9 Å². The van der Waals surface area contributed by atoms with Gasteiger partial charge in [-0.3, -0.25) is 14.6 Å². The molecule has 7 heteroatoms. The molecule has 1 aromatic rings. The molecule has 2 saturated heterocycles. The number of nitrogens with zero attached hydrogens (tertiary/aromatic N) is 2. The van der Waals surface area contributed by atoms with E-state index in [0.717, 1.165) is 24.5 Å². The van der Waals surface area contributed by atoms with E-state index in [-0.39, 0.29) is 36.1 Å². The van der Waals surface area contributed by atoms with Crippen molar-refractivity contribution >= 4 is 23.3 Å². The van der Waals surface area contributed by atoms with E-state index >= 15 is 0 Å². The van der Waals surface area contributed by atoms with Gasteiger partial charge in [0.05, 0.1) is 18.2 Å². The van der Waals surface area contributed by atoms with Crippen LogP contribution >= 0.6 is 0 Å². The van der Waals surface area contributed by atoms with Crippen molar-refractivity contribution in [2.75, 3.05) is 36.4 Å². The maximum absolute atomic E-state index is 13.0. The zero-order valence-corrected chi connectivity index (χ0v) is 16.6. The average molecular weight is 374 g/mol. The van der Waals surface area contributed by atoms with Crippen LogP contribution in [0.4, 0.5) is 16.2 Å². The third kappa shape index (κ3) is 4.59. The number of hydrogen-bond donors (Lipinski definition) is 2. The predicted octanol–water partition coefficient (Wildman–Crippen LogP) is 2.29. The van der Waals surface area contributed by atoms with Crippen LogP contribution in [0.1, 0.15) is 27.7 Å². The lowest BCUT2D eigenvalue weighted by atomic mass is 9.99. The molecule has 2 aliphatic heterocycles. The van der Waals surface area contributed by atoms with Gasteiger partial charge in [0, 0.05) is 37.6 Å². The highest BCUT2D eigenvalue weighted by atomic mass is 16.5.